The topological polar surface area (TPSA) is 65.4 Å². The highest BCUT2D eigenvalue weighted by Crippen LogP contribution is 2.36. The molecule has 2 aliphatic rings. The van der Waals surface area contributed by atoms with Crippen molar-refractivity contribution in [2.75, 3.05) is 13.2 Å². The highest BCUT2D eigenvalue weighted by molar-refractivity contribution is 5.80. The van der Waals surface area contributed by atoms with Gasteiger partial charge in [-0.2, -0.15) is 5.10 Å². The van der Waals surface area contributed by atoms with Crippen LogP contribution in [0.5, 0.6) is 5.75 Å². The zero-order valence-electron chi connectivity index (χ0n) is 14.4. The molecule has 6 heteroatoms. The number of carbonyl (C=O) groups excluding carboxylic acids is 1. The number of nitrogens with one attached hydrogen (secondary N) is 1. The Morgan fingerprint density at radius 2 is 2.28 bits per heavy atom. The van der Waals surface area contributed by atoms with Gasteiger partial charge in [-0.05, 0) is 25.8 Å². The molecule has 0 bridgehead atoms. The van der Waals surface area contributed by atoms with Crippen LogP contribution in [-0.4, -0.2) is 28.9 Å². The summed E-state index contributed by atoms with van der Waals surface area (Å²) in [5.41, 5.74) is 2.02. The van der Waals surface area contributed by atoms with Crippen LogP contribution in [0, 0.1) is 5.92 Å². The number of amides is 1. The fourth-order valence-electron chi connectivity index (χ4n) is 3.64. The third kappa shape index (κ3) is 3.14. The molecule has 3 atom stereocenters. The third-order valence-corrected chi connectivity index (χ3v) is 4.98. The first kappa shape index (κ1) is 16.1. The number of nitrogens with zero attached hydrogens (tertiary/aromatic N) is 2. The molecule has 0 saturated carbocycles. The van der Waals surface area contributed by atoms with Crippen molar-refractivity contribution in [3.05, 3.63) is 47.8 Å². The summed E-state index contributed by atoms with van der Waals surface area (Å²) >= 11 is 0. The molecule has 0 spiro atoms. The van der Waals surface area contributed by atoms with E-state index in [1.807, 2.05) is 48.3 Å². The van der Waals surface area contributed by atoms with Crippen LogP contribution >= 0.6 is 0 Å². The number of aryl methyl sites for hydroxylation is 1. The molecule has 0 radical (unpaired) electrons. The smallest absolute Gasteiger partial charge is 0.226 e. The summed E-state index contributed by atoms with van der Waals surface area (Å²) in [6, 6.07) is 7.77. The summed E-state index contributed by atoms with van der Waals surface area (Å²) in [5.74, 6) is 0.684. The van der Waals surface area contributed by atoms with E-state index in [1.54, 1.807) is 0 Å². The number of hydrogen-bond donors (Lipinski definition) is 1. The first-order valence-electron chi connectivity index (χ1n) is 8.92. The Hall–Kier alpha value is -2.34. The van der Waals surface area contributed by atoms with Crippen LogP contribution in [0.3, 0.4) is 0 Å². The Bertz CT molecular complexity index is 758. The Balaban J connectivity index is 1.50. The molecule has 1 fully saturated rings. The predicted molar refractivity (Wildman–Crippen MR) is 92.1 cm³/mol. The minimum atomic E-state index is -0.230. The molecule has 1 aromatic carbocycles. The molecule has 1 saturated heterocycles. The van der Waals surface area contributed by atoms with E-state index in [1.165, 1.54) is 0 Å². The van der Waals surface area contributed by atoms with Crippen molar-refractivity contribution < 1.29 is 14.3 Å². The average molecular weight is 341 g/mol. The van der Waals surface area contributed by atoms with Crippen molar-refractivity contribution >= 4 is 5.91 Å². The molecule has 132 valence electrons. The normalized spacial score (nSPS) is 25.2. The lowest BCUT2D eigenvalue weighted by Gasteiger charge is -2.31. The van der Waals surface area contributed by atoms with E-state index in [2.05, 4.69) is 10.4 Å². The van der Waals surface area contributed by atoms with Gasteiger partial charge in [-0.3, -0.25) is 9.48 Å². The van der Waals surface area contributed by atoms with Gasteiger partial charge in [0.15, 0.2) is 0 Å². The van der Waals surface area contributed by atoms with Crippen LogP contribution in [0.25, 0.3) is 0 Å². The van der Waals surface area contributed by atoms with Crippen molar-refractivity contribution in [2.45, 2.75) is 38.5 Å². The minimum absolute atomic E-state index is 0.0271. The highest BCUT2D eigenvalue weighted by Gasteiger charge is 2.36. The van der Waals surface area contributed by atoms with Gasteiger partial charge in [-0.1, -0.05) is 18.2 Å². The van der Waals surface area contributed by atoms with Gasteiger partial charge in [0.1, 0.15) is 12.4 Å². The van der Waals surface area contributed by atoms with Crippen molar-refractivity contribution in [3.8, 4) is 5.75 Å². The van der Waals surface area contributed by atoms with Crippen molar-refractivity contribution in [1.29, 1.82) is 0 Å². The van der Waals surface area contributed by atoms with E-state index in [0.717, 1.165) is 36.3 Å². The van der Waals surface area contributed by atoms with Crippen LogP contribution in [0.15, 0.2) is 36.7 Å². The Labute approximate surface area is 147 Å². The first-order chi connectivity index (χ1) is 12.3. The average Bonchev–Trinajstić information content (AvgIpc) is 3.29. The van der Waals surface area contributed by atoms with E-state index in [9.17, 15) is 4.79 Å². The zero-order valence-corrected chi connectivity index (χ0v) is 14.4. The summed E-state index contributed by atoms with van der Waals surface area (Å²) in [6.45, 7) is 4.01. The molecule has 1 aromatic heterocycles. The molecule has 25 heavy (non-hydrogen) atoms. The molecule has 6 nitrogen and oxygen atoms in total. The highest BCUT2D eigenvalue weighted by atomic mass is 16.5. The van der Waals surface area contributed by atoms with E-state index in [4.69, 9.17) is 9.47 Å². The predicted octanol–water partition coefficient (Wildman–Crippen LogP) is 2.62. The van der Waals surface area contributed by atoms with Gasteiger partial charge in [0.05, 0.1) is 24.3 Å². The monoisotopic (exact) mass is 341 g/mol. The van der Waals surface area contributed by atoms with Gasteiger partial charge >= 0.3 is 0 Å². The van der Waals surface area contributed by atoms with Gasteiger partial charge in [-0.15, -0.1) is 0 Å². The maximum atomic E-state index is 13.0. The second-order valence-corrected chi connectivity index (χ2v) is 6.58. The van der Waals surface area contributed by atoms with Crippen LogP contribution in [0.2, 0.25) is 0 Å². The Kier molecular flexibility index (Phi) is 4.44. The quantitative estimate of drug-likeness (QED) is 0.928. The summed E-state index contributed by atoms with van der Waals surface area (Å²) in [6.07, 6.45) is 5.28. The number of para-hydroxylation sites is 1. The van der Waals surface area contributed by atoms with Gasteiger partial charge in [0, 0.05) is 30.5 Å². The molecule has 1 N–H and O–H groups in total. The second kappa shape index (κ2) is 6.88. The molecule has 2 aromatic rings. The fraction of sp³-hybridized carbons (Fsp3) is 0.474. The SMILES string of the molecule is CCn1cc([C@@H]2OCCC[C@H]2C(=O)N[C@@H]2COc3ccccc32)cn1. The lowest BCUT2D eigenvalue weighted by atomic mass is 9.89. The molecular weight excluding hydrogens is 318 g/mol. The zero-order chi connectivity index (χ0) is 17.2. The van der Waals surface area contributed by atoms with Crippen LogP contribution in [0.1, 0.15) is 43.0 Å². The lowest BCUT2D eigenvalue weighted by molar-refractivity contribution is -0.135. The summed E-state index contributed by atoms with van der Waals surface area (Å²) in [7, 11) is 0. The van der Waals surface area contributed by atoms with Crippen LogP contribution in [0.4, 0.5) is 0 Å². The number of hydrogen-bond acceptors (Lipinski definition) is 4. The molecule has 2 aliphatic heterocycles. The standard InChI is InChI=1S/C19H23N3O3/c1-2-22-11-13(10-20-22)18-15(7-5-9-24-18)19(23)21-16-12-25-17-8-4-3-6-14(16)17/h3-4,6,8,10-11,15-16,18H,2,5,7,9,12H2,1H3,(H,21,23)/t15-,16-,18+/m1/s1. The van der Waals surface area contributed by atoms with Gasteiger partial charge < -0.3 is 14.8 Å². The number of aromatic nitrogens is 2. The Morgan fingerprint density at radius 1 is 1.40 bits per heavy atom. The van der Waals surface area contributed by atoms with Gasteiger partial charge in [-0.25, -0.2) is 0 Å². The molecule has 0 aliphatic carbocycles. The number of benzene rings is 1. The molecule has 1 amide bonds. The van der Waals surface area contributed by atoms with Crippen LogP contribution < -0.4 is 10.1 Å². The fourth-order valence-corrected chi connectivity index (χ4v) is 3.64. The molecule has 3 heterocycles. The number of rotatable bonds is 4. The Morgan fingerprint density at radius 3 is 3.12 bits per heavy atom. The van der Waals surface area contributed by atoms with E-state index < -0.39 is 0 Å². The number of fused-ring (bicyclic) bond motifs is 1. The van der Waals surface area contributed by atoms with Gasteiger partial charge in [0.2, 0.25) is 5.91 Å². The van der Waals surface area contributed by atoms with E-state index >= 15 is 0 Å². The van der Waals surface area contributed by atoms with Crippen molar-refractivity contribution in [1.82, 2.24) is 15.1 Å². The minimum Gasteiger partial charge on any atom is -0.491 e. The third-order valence-electron chi connectivity index (χ3n) is 4.98. The van der Waals surface area contributed by atoms with E-state index in [0.29, 0.717) is 13.2 Å². The molecule has 4 rings (SSSR count). The maximum Gasteiger partial charge on any atom is 0.226 e. The summed E-state index contributed by atoms with van der Waals surface area (Å²) < 4.78 is 13.5. The summed E-state index contributed by atoms with van der Waals surface area (Å²) in [4.78, 5) is 13.0. The van der Waals surface area contributed by atoms with Crippen molar-refractivity contribution in [2.24, 2.45) is 5.92 Å². The van der Waals surface area contributed by atoms with E-state index in [-0.39, 0.29) is 24.0 Å². The first-order valence-corrected chi connectivity index (χ1v) is 8.92. The van der Waals surface area contributed by atoms with Crippen molar-refractivity contribution in [3.63, 3.8) is 0 Å². The number of ether oxygens (including phenoxy) is 2. The largest absolute Gasteiger partial charge is 0.491 e. The summed E-state index contributed by atoms with van der Waals surface area (Å²) in [5, 5.41) is 7.48. The lowest BCUT2D eigenvalue weighted by Crippen LogP contribution is -2.39. The van der Waals surface area contributed by atoms with Gasteiger partial charge in [0.25, 0.3) is 0 Å². The van der Waals surface area contributed by atoms with Crippen LogP contribution in [-0.2, 0) is 16.1 Å². The molecule has 0 unspecified atom stereocenters. The maximum absolute atomic E-state index is 13.0. The molecular formula is C19H23N3O3. The second-order valence-electron chi connectivity index (χ2n) is 6.58. The number of carbonyl (C=O) groups is 1.